The molecule has 4 heavy (non-hydrogen) atoms. The first-order chi connectivity index (χ1) is 1.91. The van der Waals surface area contributed by atoms with Gasteiger partial charge >= 0.3 is 0 Å². The lowest BCUT2D eigenvalue weighted by Crippen LogP contribution is -1.13. The van der Waals surface area contributed by atoms with E-state index in [2.05, 4.69) is 18.0 Å². The molecule has 0 aliphatic carbocycles. The topological polar surface area (TPSA) is 4.36 Å². The van der Waals surface area contributed by atoms with Crippen LogP contribution in [-0.2, 0) is 0 Å². The van der Waals surface area contributed by atoms with E-state index in [1.54, 1.807) is 0 Å². The third-order valence-corrected chi connectivity index (χ3v) is 0.105. The summed E-state index contributed by atoms with van der Waals surface area (Å²) in [6.07, 6.45) is 1.28. The van der Waals surface area contributed by atoms with E-state index in [1.807, 2.05) is 0 Å². The van der Waals surface area contributed by atoms with Gasteiger partial charge in [0.15, 0.2) is 0 Å². The highest BCUT2D eigenvalue weighted by atomic mass is 14.6. The highest BCUT2D eigenvalue weighted by Gasteiger charge is 1.46. The van der Waals surface area contributed by atoms with Crippen molar-refractivity contribution in [2.75, 3.05) is 0 Å². The van der Waals surface area contributed by atoms with E-state index in [9.17, 15) is 0 Å². The van der Waals surface area contributed by atoms with Crippen molar-refractivity contribution in [3.05, 3.63) is 17.6 Å². The van der Waals surface area contributed by atoms with Gasteiger partial charge in [-0.15, -0.1) is 0 Å². The molecule has 1 nitrogen and oxygen atoms in total. The molecule has 1 heteroatoms. The molecule has 20 valence electrons. The molecule has 0 aliphatic rings. The van der Waals surface area contributed by atoms with Gasteiger partial charge in [-0.1, -0.05) is 0 Å². The van der Waals surface area contributed by atoms with Crippen LogP contribution in [0.1, 0.15) is 0 Å². The van der Waals surface area contributed by atoms with Gasteiger partial charge in [0.25, 0.3) is 12.8 Å². The highest BCUT2D eigenvalue weighted by molar-refractivity contribution is 4.81. The minimum atomic E-state index is 1.28. The van der Waals surface area contributed by atoms with E-state index < -0.39 is 0 Å². The number of hydrogen-bond donors (Lipinski definition) is 0. The zero-order chi connectivity index (χ0) is 3.41. The summed E-state index contributed by atoms with van der Waals surface area (Å²) in [5.41, 5.74) is 0. The predicted octanol–water partition coefficient (Wildman–Crippen LogP) is 1.09. The Morgan fingerprint density at radius 2 is 2.25 bits per heavy atom. The van der Waals surface area contributed by atoms with E-state index in [0.717, 1.165) is 0 Å². The molecule has 0 aromatic heterocycles. The fraction of sp³-hybridized carbons (Fsp3) is 0. The van der Waals surface area contributed by atoms with Crippen LogP contribution in [0.3, 0.4) is 0 Å². The van der Waals surface area contributed by atoms with E-state index in [4.69, 9.17) is 0 Å². The molecule has 0 aromatic rings. The second-order valence-electron chi connectivity index (χ2n) is 0.332. The standard InChI is InChI=1S/C3H4N/c1-3-4-2/h2-3H,1H2/q+1. The van der Waals surface area contributed by atoms with Gasteiger partial charge < -0.3 is 0 Å². The molecule has 0 N–H and O–H groups in total. The van der Waals surface area contributed by atoms with Crippen LogP contribution in [0.15, 0.2) is 12.8 Å². The second-order valence-corrected chi connectivity index (χ2v) is 0.332. The summed E-state index contributed by atoms with van der Waals surface area (Å²) < 4.78 is 0. The minimum absolute atomic E-state index is 1.28. The largest absolute Gasteiger partial charge is 0.298 e. The van der Waals surface area contributed by atoms with Crippen LogP contribution in [0.25, 0.3) is 4.85 Å². The van der Waals surface area contributed by atoms with Gasteiger partial charge in [-0.05, 0) is 11.4 Å². The first-order valence-corrected chi connectivity index (χ1v) is 0.925. The molecule has 0 saturated carbocycles. The fourth-order valence-electron chi connectivity index (χ4n) is 0. The van der Waals surface area contributed by atoms with Crippen molar-refractivity contribution in [3.63, 3.8) is 0 Å². The van der Waals surface area contributed by atoms with Gasteiger partial charge in [0, 0.05) is 0 Å². The maximum atomic E-state index is 4.53. The van der Waals surface area contributed by atoms with Crippen LogP contribution < -0.4 is 0 Å². The average Bonchev–Trinajstić information content (AvgIpc) is 1.37. The normalized spacial score (nSPS) is 3.75. The Morgan fingerprint density at radius 3 is 2.25 bits per heavy atom. The summed E-state index contributed by atoms with van der Waals surface area (Å²) >= 11 is 0. The van der Waals surface area contributed by atoms with E-state index >= 15 is 0 Å². The Hall–Kier alpha value is -0.770. The molecular formula is C3H4N+. The van der Waals surface area contributed by atoms with Crippen molar-refractivity contribution < 1.29 is 0 Å². The van der Waals surface area contributed by atoms with E-state index in [-0.39, 0.29) is 0 Å². The van der Waals surface area contributed by atoms with E-state index in [1.165, 1.54) is 6.20 Å². The summed E-state index contributed by atoms with van der Waals surface area (Å²) in [6, 6.07) is 0. The van der Waals surface area contributed by atoms with Crippen LogP contribution in [0.4, 0.5) is 0 Å². The third-order valence-electron chi connectivity index (χ3n) is 0.105. The van der Waals surface area contributed by atoms with Gasteiger partial charge in [0.1, 0.15) is 0 Å². The summed E-state index contributed by atoms with van der Waals surface area (Å²) in [5, 5.41) is 0. The first-order valence-electron chi connectivity index (χ1n) is 0.925. The van der Waals surface area contributed by atoms with Crippen LogP contribution >= 0.6 is 0 Å². The number of nitrogens with zero attached hydrogens (tertiary/aromatic N) is 1. The molecule has 0 spiro atoms. The molecule has 0 amide bonds. The lowest BCUT2D eigenvalue weighted by molar-refractivity contribution is 2.16. The molecule has 0 radical (unpaired) electrons. The van der Waals surface area contributed by atoms with Gasteiger partial charge in [0.2, 0.25) is 0 Å². The maximum absolute atomic E-state index is 4.53. The van der Waals surface area contributed by atoms with Crippen molar-refractivity contribution in [1.29, 1.82) is 0 Å². The lowest BCUT2D eigenvalue weighted by Gasteiger charge is -1.20. The molecule has 0 atom stereocenters. The van der Waals surface area contributed by atoms with Crippen molar-refractivity contribution in [2.45, 2.75) is 0 Å². The smallest absolute Gasteiger partial charge is 0.0480 e. The summed E-state index contributed by atoms with van der Waals surface area (Å²) in [6.45, 7) is 7.72. The minimum Gasteiger partial charge on any atom is -0.0480 e. The van der Waals surface area contributed by atoms with Crippen LogP contribution in [0.5, 0.6) is 0 Å². The predicted molar refractivity (Wildman–Crippen MR) is 18.5 cm³/mol. The van der Waals surface area contributed by atoms with Crippen molar-refractivity contribution in [2.24, 2.45) is 0 Å². The summed E-state index contributed by atoms with van der Waals surface area (Å²) in [4.78, 5) is 3.00. The molecule has 0 fully saturated rings. The maximum Gasteiger partial charge on any atom is 0.298 e. The lowest BCUT2D eigenvalue weighted by atomic mass is 11.1. The molecule has 0 aromatic carbocycles. The second kappa shape index (κ2) is 2.23. The summed E-state index contributed by atoms with van der Waals surface area (Å²) in [7, 11) is 0. The zero-order valence-corrected chi connectivity index (χ0v) is 2.31. The van der Waals surface area contributed by atoms with Crippen LogP contribution in [-0.4, -0.2) is 0 Å². The van der Waals surface area contributed by atoms with Gasteiger partial charge in [0.05, 0.1) is 0 Å². The molecule has 0 rings (SSSR count). The van der Waals surface area contributed by atoms with Gasteiger partial charge in [-0.25, -0.2) is 0 Å². The Labute approximate surface area is 25.4 Å². The highest BCUT2D eigenvalue weighted by Crippen LogP contribution is 1.52. The van der Waals surface area contributed by atoms with Crippen molar-refractivity contribution in [1.82, 2.24) is 0 Å². The third kappa shape index (κ3) is 1.23. The van der Waals surface area contributed by atoms with Crippen molar-refractivity contribution in [3.8, 4) is 6.57 Å². The molecule has 0 saturated heterocycles. The fourth-order valence-corrected chi connectivity index (χ4v) is 0. The molecule has 0 heterocycles. The summed E-state index contributed by atoms with van der Waals surface area (Å²) in [5.74, 6) is 0. The SMILES string of the molecule is C#[N+]C=C. The monoisotopic (exact) mass is 54.0 g/mol. The molecule has 0 unspecified atom stereocenters. The zero-order valence-electron chi connectivity index (χ0n) is 2.31. The Morgan fingerprint density at radius 1 is 2.00 bits per heavy atom. The molecule has 0 aliphatic heterocycles. The Balaban J connectivity index is 2.92. The Bertz CT molecular complexity index is 48.8. The number of hydrogen-bond acceptors (Lipinski definition) is 0. The van der Waals surface area contributed by atoms with Gasteiger partial charge in [-0.2, -0.15) is 0 Å². The first kappa shape index (κ1) is 3.23. The Kier molecular flexibility index (Phi) is 1.80. The molecular weight excluding hydrogens is 50.0 g/mol. The van der Waals surface area contributed by atoms with Gasteiger partial charge in [-0.3, -0.25) is 0 Å². The van der Waals surface area contributed by atoms with Crippen molar-refractivity contribution >= 4 is 0 Å². The number of rotatable bonds is 0. The quantitative estimate of drug-likeness (QED) is 0.390. The average molecular weight is 54.1 g/mol. The van der Waals surface area contributed by atoms with E-state index in [0.29, 0.717) is 0 Å². The van der Waals surface area contributed by atoms with Crippen LogP contribution in [0, 0.1) is 6.57 Å². The molecule has 0 bridgehead atoms. The van der Waals surface area contributed by atoms with Crippen LogP contribution in [0.2, 0.25) is 0 Å².